The van der Waals surface area contributed by atoms with Crippen molar-refractivity contribution in [2.75, 3.05) is 0 Å². The lowest BCUT2D eigenvalue weighted by atomic mass is 10.3. The normalized spacial score (nSPS) is 11.6. The van der Waals surface area contributed by atoms with Crippen molar-refractivity contribution < 1.29 is 36.0 Å². The topological polar surface area (TPSA) is 128 Å². The molecule has 3 N–H and O–H groups in total. The molecule has 0 aromatic heterocycles. The fourth-order valence-corrected chi connectivity index (χ4v) is 0.620. The molecule has 1 amide bonds. The van der Waals surface area contributed by atoms with Crippen LogP contribution in [0.4, 0.5) is 23.7 Å². The Bertz CT molecular complexity index is 558. The zero-order valence-electron chi connectivity index (χ0n) is 9.44. The predicted molar refractivity (Wildman–Crippen MR) is 59.7 cm³/mol. The number of hydrogen-bond acceptors (Lipinski definition) is 5. The van der Waals surface area contributed by atoms with Crippen LogP contribution in [0.15, 0.2) is 40.7 Å². The van der Waals surface area contributed by atoms with Crippen LogP contribution in [0.2, 0.25) is 0 Å². The average Bonchev–Trinajstić information content (AvgIpc) is 2.28. The quantitative estimate of drug-likeness (QED) is 0.334. The van der Waals surface area contributed by atoms with Crippen molar-refractivity contribution in [2.24, 2.45) is 10.3 Å². The monoisotopic (exact) mass is 315 g/mol. The van der Waals surface area contributed by atoms with Crippen molar-refractivity contribution in [3.8, 4) is 0 Å². The van der Waals surface area contributed by atoms with Gasteiger partial charge in [0, 0.05) is 0 Å². The van der Waals surface area contributed by atoms with Crippen molar-refractivity contribution in [3.63, 3.8) is 0 Å². The first-order valence-corrected chi connectivity index (χ1v) is 5.96. The molecule has 20 heavy (non-hydrogen) atoms. The van der Waals surface area contributed by atoms with Crippen LogP contribution < -0.4 is 5.43 Å². The maximum Gasteiger partial charge on any atom is 0.522 e. The van der Waals surface area contributed by atoms with Crippen molar-refractivity contribution in [1.29, 1.82) is 0 Å². The van der Waals surface area contributed by atoms with Crippen LogP contribution >= 0.6 is 0 Å². The molecular weight excluding hydrogens is 307 g/mol. The molecule has 0 aliphatic heterocycles. The molecule has 0 fully saturated rings. The summed E-state index contributed by atoms with van der Waals surface area (Å²) in [6.07, 6.45) is -1.23. The molecule has 12 heteroatoms. The van der Waals surface area contributed by atoms with Gasteiger partial charge in [0.1, 0.15) is 0 Å². The fraction of sp³-hybridized carbons (Fsp3) is 0.125. The van der Waals surface area contributed by atoms with Crippen molar-refractivity contribution in [1.82, 2.24) is 5.43 Å². The minimum atomic E-state index is -5.84. The molecule has 0 spiro atoms. The Morgan fingerprint density at radius 2 is 1.65 bits per heavy atom. The van der Waals surface area contributed by atoms with Crippen LogP contribution in [0.25, 0.3) is 0 Å². The molecule has 8 nitrogen and oxygen atoms in total. The molecule has 0 bridgehead atoms. The first-order chi connectivity index (χ1) is 9.04. The van der Waals surface area contributed by atoms with Crippen LogP contribution in [0.3, 0.4) is 0 Å². The Morgan fingerprint density at radius 1 is 1.20 bits per heavy atom. The minimum Gasteiger partial charge on any atom is -0.464 e. The van der Waals surface area contributed by atoms with Crippen molar-refractivity contribution >= 4 is 21.9 Å². The van der Waals surface area contributed by atoms with Gasteiger partial charge in [0.2, 0.25) is 0 Å². The molecule has 1 aromatic carbocycles. The van der Waals surface area contributed by atoms with Crippen LogP contribution in [-0.4, -0.2) is 29.7 Å². The Morgan fingerprint density at radius 3 is 2.00 bits per heavy atom. The second-order valence-electron chi connectivity index (χ2n) is 2.87. The summed E-state index contributed by atoms with van der Waals surface area (Å²) in [5.41, 5.74) is -3.16. The van der Waals surface area contributed by atoms with Gasteiger partial charge < -0.3 is 5.11 Å². The maximum atomic E-state index is 10.7. The number of carbonyl (C=O) groups is 1. The molecular formula is C8H8F3N3O5S. The number of halogens is 3. The Kier molecular flexibility index (Phi) is 6.58. The van der Waals surface area contributed by atoms with Gasteiger partial charge in [-0.1, -0.05) is 23.4 Å². The largest absolute Gasteiger partial charge is 0.522 e. The van der Waals surface area contributed by atoms with Crippen LogP contribution in [-0.2, 0) is 10.1 Å². The third-order valence-electron chi connectivity index (χ3n) is 1.36. The van der Waals surface area contributed by atoms with Gasteiger partial charge in [0.05, 0.1) is 5.69 Å². The number of rotatable bonds is 2. The average molecular weight is 315 g/mol. The number of alkyl halides is 3. The van der Waals surface area contributed by atoms with Crippen LogP contribution in [0.5, 0.6) is 0 Å². The molecule has 0 aliphatic rings. The van der Waals surface area contributed by atoms with E-state index >= 15 is 0 Å². The van der Waals surface area contributed by atoms with Gasteiger partial charge in [0.25, 0.3) is 0 Å². The van der Waals surface area contributed by atoms with E-state index in [1.807, 2.05) is 6.07 Å². The molecule has 0 aliphatic carbocycles. The van der Waals surface area contributed by atoms with E-state index in [1.54, 1.807) is 29.7 Å². The van der Waals surface area contributed by atoms with Gasteiger partial charge in [-0.2, -0.15) is 27.0 Å². The van der Waals surface area contributed by atoms with Crippen LogP contribution in [0, 0.1) is 0 Å². The molecule has 0 saturated heterocycles. The van der Waals surface area contributed by atoms with E-state index in [2.05, 4.69) is 10.3 Å². The Labute approximate surface area is 110 Å². The predicted octanol–water partition coefficient (Wildman–Crippen LogP) is 2.35. The number of nitrogens with zero attached hydrogens (tertiary/aromatic N) is 2. The van der Waals surface area contributed by atoms with E-state index in [4.69, 9.17) is 18.1 Å². The van der Waals surface area contributed by atoms with E-state index in [9.17, 15) is 18.0 Å². The Balaban J connectivity index is 0.000000396. The van der Waals surface area contributed by atoms with Gasteiger partial charge in [0.15, 0.2) is 0 Å². The molecule has 112 valence electrons. The van der Waals surface area contributed by atoms with Crippen molar-refractivity contribution in [2.45, 2.75) is 5.51 Å². The third-order valence-corrected chi connectivity index (χ3v) is 1.94. The molecule has 0 radical (unpaired) electrons. The molecule has 0 unspecified atom stereocenters. The highest BCUT2D eigenvalue weighted by Crippen LogP contribution is 2.20. The SMILES string of the molecule is O=C(O)NN=Nc1ccccc1.O=S(=O)(O)C(F)(F)F. The summed E-state index contributed by atoms with van der Waals surface area (Å²) in [4.78, 5) is 9.92. The second kappa shape index (κ2) is 7.40. The smallest absolute Gasteiger partial charge is 0.464 e. The highest BCUT2D eigenvalue weighted by atomic mass is 32.2. The first kappa shape index (κ1) is 17.8. The summed E-state index contributed by atoms with van der Waals surface area (Å²) < 4.78 is 57.5. The van der Waals surface area contributed by atoms with E-state index in [0.29, 0.717) is 5.69 Å². The van der Waals surface area contributed by atoms with E-state index in [0.717, 1.165) is 0 Å². The zero-order chi connectivity index (χ0) is 15.8. The summed E-state index contributed by atoms with van der Waals surface area (Å²) >= 11 is 0. The Hall–Kier alpha value is -2.21. The fourth-order valence-electron chi connectivity index (χ4n) is 0.620. The minimum absolute atomic E-state index is 0.603. The number of hydrogen-bond donors (Lipinski definition) is 3. The molecule has 0 heterocycles. The van der Waals surface area contributed by atoms with Gasteiger partial charge in [-0.25, -0.2) is 4.79 Å². The second-order valence-corrected chi connectivity index (χ2v) is 4.29. The zero-order valence-corrected chi connectivity index (χ0v) is 10.3. The van der Waals surface area contributed by atoms with E-state index in [-0.39, 0.29) is 0 Å². The van der Waals surface area contributed by atoms with Crippen LogP contribution in [0.1, 0.15) is 0 Å². The first-order valence-electron chi connectivity index (χ1n) is 4.52. The summed E-state index contributed by atoms with van der Waals surface area (Å²) in [7, 11) is -5.84. The van der Waals surface area contributed by atoms with E-state index < -0.39 is 21.7 Å². The van der Waals surface area contributed by atoms with Gasteiger partial charge in [-0.05, 0) is 12.1 Å². The third kappa shape index (κ3) is 7.99. The highest BCUT2D eigenvalue weighted by molar-refractivity contribution is 7.86. The lowest BCUT2D eigenvalue weighted by molar-refractivity contribution is -0.0510. The summed E-state index contributed by atoms with van der Waals surface area (Å²) in [6, 6.07) is 8.84. The van der Waals surface area contributed by atoms with Crippen molar-refractivity contribution in [3.05, 3.63) is 30.3 Å². The maximum absolute atomic E-state index is 10.7. The lowest BCUT2D eigenvalue weighted by Crippen LogP contribution is -2.21. The molecule has 0 atom stereocenters. The number of nitrogens with one attached hydrogen (secondary N) is 1. The molecule has 1 rings (SSSR count). The number of amides is 1. The van der Waals surface area contributed by atoms with E-state index in [1.165, 1.54) is 0 Å². The molecule has 0 saturated carbocycles. The van der Waals surface area contributed by atoms with Gasteiger partial charge >= 0.3 is 21.7 Å². The number of benzene rings is 1. The summed E-state index contributed by atoms with van der Waals surface area (Å²) in [5, 5.41) is 14.9. The standard InChI is InChI=1S/C7H7N3O2.CHF3O3S/c11-7(12)9-10-8-6-4-2-1-3-5-6;2-1(3,4)8(5,6)7/h1-5H,(H,8,9)(H,11,12);(H,5,6,7). The summed E-state index contributed by atoms with van der Waals surface area (Å²) in [5.74, 6) is 0. The highest BCUT2D eigenvalue weighted by Gasteiger charge is 2.44. The lowest BCUT2D eigenvalue weighted by Gasteiger charge is -1.97. The summed E-state index contributed by atoms with van der Waals surface area (Å²) in [6.45, 7) is 0. The number of carboxylic acid groups (broad SMARTS) is 1. The molecule has 1 aromatic rings. The van der Waals surface area contributed by atoms with Gasteiger partial charge in [-0.3, -0.25) is 4.55 Å². The van der Waals surface area contributed by atoms with Gasteiger partial charge in [-0.15, -0.1) is 5.11 Å².